The van der Waals surface area contributed by atoms with Crippen molar-refractivity contribution >= 4 is 99.3 Å². The first kappa shape index (κ1) is 51.6. The quantitative estimate of drug-likeness (QED) is 0.114. The van der Waals surface area contributed by atoms with E-state index in [1.807, 2.05) is 60.3 Å². The molecule has 4 aliphatic rings. The lowest BCUT2D eigenvalue weighted by atomic mass is 9.80. The minimum atomic E-state index is -1.46. The second kappa shape index (κ2) is 22.8. The number of fused-ring (bicyclic) bond motifs is 2. The highest BCUT2D eigenvalue weighted by Crippen LogP contribution is 2.41. The third kappa shape index (κ3) is 10.7. The van der Waals surface area contributed by atoms with Crippen molar-refractivity contribution in [1.82, 2.24) is 29.2 Å². The van der Waals surface area contributed by atoms with Gasteiger partial charge in [-0.25, -0.2) is 10.0 Å². The van der Waals surface area contributed by atoms with Crippen molar-refractivity contribution in [2.75, 3.05) is 39.3 Å². The Balaban J connectivity index is 0.000000158. The molecular weight excluding hydrogens is 1040 g/mol. The summed E-state index contributed by atoms with van der Waals surface area (Å²) in [5, 5.41) is 27.9. The van der Waals surface area contributed by atoms with Crippen LogP contribution in [-0.2, 0) is 12.8 Å². The number of carbonyl (C=O) groups is 4. The fourth-order valence-electron chi connectivity index (χ4n) is 9.82. The van der Waals surface area contributed by atoms with Crippen molar-refractivity contribution in [3.05, 3.63) is 154 Å². The van der Waals surface area contributed by atoms with Crippen LogP contribution in [-0.4, -0.2) is 110 Å². The molecule has 6 heterocycles. The highest BCUT2D eigenvalue weighted by molar-refractivity contribution is 9.10. The van der Waals surface area contributed by atoms with Gasteiger partial charge in [-0.1, -0.05) is 108 Å². The van der Waals surface area contributed by atoms with E-state index in [9.17, 15) is 19.2 Å². The SMILES string of the molecule is Cc1c2c(n(-c3ccc(Cl)cc3Cl)c1-c1ccc(C=O)cc1)CCN(N1CCCCC1)C2=O.Cc1c2c(n(-c3ccc(Cl)cc3Cl)c1Br)CCN(N1CCCCC1)C2=O.O=Cc1ccc(B(O)O)cc1. The highest BCUT2D eigenvalue weighted by Gasteiger charge is 2.37. The molecule has 70 heavy (non-hydrogen) atoms. The van der Waals surface area contributed by atoms with Crippen LogP contribution in [0.5, 0.6) is 0 Å². The van der Waals surface area contributed by atoms with Crippen molar-refractivity contribution in [2.45, 2.75) is 65.2 Å². The molecule has 0 unspecified atom stereocenters. The maximum Gasteiger partial charge on any atom is 0.488 e. The number of piperidine rings is 2. The van der Waals surface area contributed by atoms with E-state index >= 15 is 0 Å². The predicted octanol–water partition coefficient (Wildman–Crippen LogP) is 10.4. The van der Waals surface area contributed by atoms with Crippen LogP contribution < -0.4 is 5.46 Å². The van der Waals surface area contributed by atoms with Crippen LogP contribution in [0, 0.1) is 13.8 Å². The molecule has 4 aromatic carbocycles. The number of amides is 2. The highest BCUT2D eigenvalue weighted by atomic mass is 79.9. The van der Waals surface area contributed by atoms with Crippen LogP contribution in [0.15, 0.2) is 89.5 Å². The van der Waals surface area contributed by atoms with Crippen LogP contribution in [0.2, 0.25) is 20.1 Å². The molecule has 0 saturated carbocycles. The summed E-state index contributed by atoms with van der Waals surface area (Å²) in [6.07, 6.45) is 10.1. The summed E-state index contributed by atoms with van der Waals surface area (Å²) in [7, 11) is -1.46. The molecule has 2 aromatic heterocycles. The molecule has 18 heteroatoms. The number of benzene rings is 4. The summed E-state index contributed by atoms with van der Waals surface area (Å²) in [5.74, 6) is 0.139. The number of hydrazine groups is 2. The fourth-order valence-corrected chi connectivity index (χ4v) is 11.4. The summed E-state index contributed by atoms with van der Waals surface area (Å²) in [5.41, 5.74) is 10.4. The van der Waals surface area contributed by atoms with Gasteiger partial charge in [0.2, 0.25) is 0 Å². The smallest absolute Gasteiger partial charge is 0.423 e. The molecule has 6 aromatic rings. The lowest BCUT2D eigenvalue weighted by Gasteiger charge is -2.39. The molecule has 2 N–H and O–H groups in total. The van der Waals surface area contributed by atoms with Gasteiger partial charge in [-0.3, -0.25) is 29.2 Å². The zero-order valence-electron chi connectivity index (χ0n) is 38.8. The standard InChI is InChI=1S/C26H25Cl2N3O2.C19H20BrCl2N3O.C7H7BO3/c1-17-24-23(11-14-30(26(24)33)29-12-3-2-4-13-29)31(22-10-9-20(27)15-21(22)28)25(17)19-7-5-18(16-32)6-8-19;1-12-17-16(7-10-24(19(17)26)23-8-3-2-4-9-23)25(18(12)20)15-6-5-13(21)11-14(15)22;9-5-6-1-3-7(4-2-6)8(10)11/h5-10,15-16H,2-4,11-14H2,1H3;5-6,11H,2-4,7-10H2,1H3;1-5,10-11H. The molecule has 10 rings (SSSR count). The van der Waals surface area contributed by atoms with E-state index in [4.69, 9.17) is 56.5 Å². The van der Waals surface area contributed by atoms with Gasteiger partial charge in [0, 0.05) is 84.7 Å². The average Bonchev–Trinajstić information content (AvgIpc) is 3.81. The van der Waals surface area contributed by atoms with E-state index in [2.05, 4.69) is 35.1 Å². The lowest BCUT2D eigenvalue weighted by molar-refractivity contribution is -0.0240. The molecule has 12 nitrogen and oxygen atoms in total. The first-order valence-corrected chi connectivity index (χ1v) is 25.7. The number of hydrogen-bond donors (Lipinski definition) is 2. The van der Waals surface area contributed by atoms with Gasteiger partial charge >= 0.3 is 7.12 Å². The van der Waals surface area contributed by atoms with Gasteiger partial charge in [-0.15, -0.1) is 0 Å². The Morgan fingerprint density at radius 3 is 1.43 bits per heavy atom. The Bertz CT molecular complexity index is 2920. The molecule has 0 bridgehead atoms. The zero-order valence-corrected chi connectivity index (χ0v) is 43.4. The van der Waals surface area contributed by atoms with Gasteiger partial charge in [0.15, 0.2) is 0 Å². The fraction of sp³-hybridized carbons (Fsp3) is 0.308. The number of nitrogens with zero attached hydrogens (tertiary/aromatic N) is 6. The molecule has 2 saturated heterocycles. The minimum Gasteiger partial charge on any atom is -0.423 e. The average molecular weight is 1090 g/mol. The Kier molecular flexibility index (Phi) is 16.8. The Morgan fingerprint density at radius 1 is 0.557 bits per heavy atom. The van der Waals surface area contributed by atoms with Crippen LogP contribution in [0.3, 0.4) is 0 Å². The van der Waals surface area contributed by atoms with Gasteiger partial charge in [0.05, 0.1) is 42.8 Å². The predicted molar refractivity (Wildman–Crippen MR) is 282 cm³/mol. The maximum absolute atomic E-state index is 13.8. The van der Waals surface area contributed by atoms with E-state index in [1.165, 1.54) is 37.1 Å². The number of carbonyl (C=O) groups excluding carboxylic acids is 4. The van der Waals surface area contributed by atoms with E-state index in [-0.39, 0.29) is 11.8 Å². The second-order valence-corrected chi connectivity index (χ2v) is 20.1. The number of aromatic nitrogens is 2. The summed E-state index contributed by atoms with van der Waals surface area (Å²) >= 11 is 29.0. The molecule has 0 spiro atoms. The molecule has 2 fully saturated rings. The number of hydrogen-bond acceptors (Lipinski definition) is 8. The summed E-state index contributed by atoms with van der Waals surface area (Å²) < 4.78 is 5.03. The number of halogens is 5. The van der Waals surface area contributed by atoms with Crippen molar-refractivity contribution < 1.29 is 29.2 Å². The van der Waals surface area contributed by atoms with Gasteiger partial charge < -0.3 is 19.2 Å². The lowest BCUT2D eigenvalue weighted by Crippen LogP contribution is -2.51. The Morgan fingerprint density at radius 2 is 0.986 bits per heavy atom. The topological polar surface area (TPSA) is 132 Å². The molecule has 0 atom stereocenters. The van der Waals surface area contributed by atoms with Crippen LogP contribution in [0.25, 0.3) is 22.6 Å². The van der Waals surface area contributed by atoms with E-state index < -0.39 is 7.12 Å². The first-order valence-electron chi connectivity index (χ1n) is 23.4. The second-order valence-electron chi connectivity index (χ2n) is 17.7. The van der Waals surface area contributed by atoms with Crippen LogP contribution in [0.1, 0.15) is 102 Å². The third-order valence-electron chi connectivity index (χ3n) is 13.3. The van der Waals surface area contributed by atoms with Crippen LogP contribution >= 0.6 is 62.3 Å². The third-order valence-corrected chi connectivity index (χ3v) is 15.3. The Labute approximate surface area is 436 Å². The normalized spacial score (nSPS) is 16.1. The summed E-state index contributed by atoms with van der Waals surface area (Å²) in [6, 6.07) is 24.4. The number of aldehydes is 2. The monoisotopic (exact) mass is 1090 g/mol. The van der Waals surface area contributed by atoms with Crippen molar-refractivity contribution in [2.24, 2.45) is 0 Å². The van der Waals surface area contributed by atoms with Gasteiger partial charge in [-0.2, -0.15) is 0 Å². The maximum atomic E-state index is 13.8. The van der Waals surface area contributed by atoms with Crippen LogP contribution in [0.4, 0.5) is 0 Å². The Hall–Kier alpha value is -4.74. The zero-order chi connectivity index (χ0) is 49.8. The summed E-state index contributed by atoms with van der Waals surface area (Å²) in [6.45, 7) is 9.10. The van der Waals surface area contributed by atoms with E-state index in [1.54, 1.807) is 24.3 Å². The van der Waals surface area contributed by atoms with Crippen molar-refractivity contribution in [1.29, 1.82) is 0 Å². The minimum absolute atomic E-state index is 0.0465. The van der Waals surface area contributed by atoms with Gasteiger partial charge in [-0.05, 0) is 114 Å². The van der Waals surface area contributed by atoms with Crippen molar-refractivity contribution in [3.63, 3.8) is 0 Å². The van der Waals surface area contributed by atoms with E-state index in [0.717, 1.165) is 132 Å². The molecule has 2 amide bonds. The largest absolute Gasteiger partial charge is 0.488 e. The van der Waals surface area contributed by atoms with Gasteiger partial charge in [0.25, 0.3) is 11.8 Å². The summed E-state index contributed by atoms with van der Waals surface area (Å²) in [4.78, 5) is 48.4. The number of rotatable bonds is 8. The van der Waals surface area contributed by atoms with Crippen molar-refractivity contribution in [3.8, 4) is 22.6 Å². The first-order chi connectivity index (χ1) is 33.7. The molecule has 364 valence electrons. The molecule has 4 aliphatic heterocycles. The molecule has 0 radical (unpaired) electrons. The molecule has 0 aliphatic carbocycles. The molecular formula is C52H52BBrCl4N6O6. The van der Waals surface area contributed by atoms with Gasteiger partial charge in [0.1, 0.15) is 12.6 Å². The van der Waals surface area contributed by atoms with E-state index in [0.29, 0.717) is 56.1 Å².